The zero-order chi connectivity index (χ0) is 17.1. The lowest BCUT2D eigenvalue weighted by atomic mass is 9.94. The molecule has 3 rings (SSSR count). The smallest absolute Gasteiger partial charge is 0.255 e. The third-order valence-corrected chi connectivity index (χ3v) is 4.77. The maximum absolute atomic E-state index is 12.7. The molecule has 6 nitrogen and oxygen atoms in total. The van der Waals surface area contributed by atoms with Gasteiger partial charge in [0.1, 0.15) is 0 Å². The van der Waals surface area contributed by atoms with Crippen molar-refractivity contribution in [3.63, 3.8) is 0 Å². The van der Waals surface area contributed by atoms with Crippen LogP contribution in [-0.2, 0) is 9.53 Å². The van der Waals surface area contributed by atoms with Crippen molar-refractivity contribution < 1.29 is 14.3 Å². The van der Waals surface area contributed by atoms with Crippen molar-refractivity contribution in [2.75, 3.05) is 26.2 Å². The summed E-state index contributed by atoms with van der Waals surface area (Å²) in [4.78, 5) is 32.9. The zero-order valence-electron chi connectivity index (χ0n) is 14.4. The number of nitrogens with zero attached hydrogens (tertiary/aromatic N) is 3. The molecule has 2 aliphatic heterocycles. The third-order valence-electron chi connectivity index (χ3n) is 4.77. The molecule has 0 radical (unpaired) electrons. The summed E-state index contributed by atoms with van der Waals surface area (Å²) in [6.07, 6.45) is 4.88. The van der Waals surface area contributed by atoms with Gasteiger partial charge in [-0.25, -0.2) is 0 Å². The average molecular weight is 331 g/mol. The summed E-state index contributed by atoms with van der Waals surface area (Å²) < 4.78 is 5.70. The first kappa shape index (κ1) is 16.9. The maximum atomic E-state index is 12.7. The summed E-state index contributed by atoms with van der Waals surface area (Å²) in [6, 6.07) is 3.55. The highest BCUT2D eigenvalue weighted by Crippen LogP contribution is 2.23. The molecule has 2 aliphatic rings. The minimum Gasteiger partial charge on any atom is -0.372 e. The zero-order valence-corrected chi connectivity index (χ0v) is 14.4. The first-order valence-corrected chi connectivity index (χ1v) is 8.68. The number of morpholine rings is 1. The Balaban J connectivity index is 1.55. The van der Waals surface area contributed by atoms with E-state index >= 15 is 0 Å². The van der Waals surface area contributed by atoms with Crippen LogP contribution in [0.2, 0.25) is 0 Å². The third kappa shape index (κ3) is 3.75. The lowest BCUT2D eigenvalue weighted by Crippen LogP contribution is -2.51. The summed E-state index contributed by atoms with van der Waals surface area (Å²) >= 11 is 0. The molecule has 2 atom stereocenters. The molecule has 2 fully saturated rings. The molecule has 1 aromatic heterocycles. The predicted molar refractivity (Wildman–Crippen MR) is 89.5 cm³/mol. The molecular formula is C18H25N3O3. The number of pyridine rings is 1. The first-order chi connectivity index (χ1) is 11.5. The maximum Gasteiger partial charge on any atom is 0.255 e. The Morgan fingerprint density at radius 1 is 1.12 bits per heavy atom. The molecule has 0 aromatic carbocycles. The van der Waals surface area contributed by atoms with E-state index in [0.717, 1.165) is 12.8 Å². The number of aromatic nitrogens is 1. The van der Waals surface area contributed by atoms with Crippen molar-refractivity contribution in [2.24, 2.45) is 5.92 Å². The van der Waals surface area contributed by atoms with Gasteiger partial charge in [-0.1, -0.05) is 0 Å². The molecule has 6 heteroatoms. The van der Waals surface area contributed by atoms with Gasteiger partial charge in [0.15, 0.2) is 0 Å². The highest BCUT2D eigenvalue weighted by Gasteiger charge is 2.33. The van der Waals surface area contributed by atoms with E-state index in [9.17, 15) is 9.59 Å². The second-order valence-electron chi connectivity index (χ2n) is 6.81. The van der Waals surface area contributed by atoms with Crippen LogP contribution in [0, 0.1) is 5.92 Å². The Morgan fingerprint density at radius 3 is 2.38 bits per heavy atom. The molecule has 0 saturated carbocycles. The van der Waals surface area contributed by atoms with Crippen molar-refractivity contribution in [1.29, 1.82) is 0 Å². The SMILES string of the molecule is CC1CN(C(=O)C2CCN(C(=O)c3cccnc3)CC2)CC(C)O1. The van der Waals surface area contributed by atoms with Gasteiger partial charge < -0.3 is 14.5 Å². The Morgan fingerprint density at radius 2 is 1.79 bits per heavy atom. The molecule has 24 heavy (non-hydrogen) atoms. The van der Waals surface area contributed by atoms with Crippen LogP contribution in [0.25, 0.3) is 0 Å². The molecule has 2 saturated heterocycles. The molecule has 3 heterocycles. The van der Waals surface area contributed by atoms with Crippen molar-refractivity contribution in [3.05, 3.63) is 30.1 Å². The summed E-state index contributed by atoms with van der Waals surface area (Å²) in [7, 11) is 0. The topological polar surface area (TPSA) is 62.7 Å². The van der Waals surface area contributed by atoms with E-state index in [0.29, 0.717) is 31.7 Å². The van der Waals surface area contributed by atoms with Crippen LogP contribution in [0.4, 0.5) is 0 Å². The Bertz CT molecular complexity index is 574. The van der Waals surface area contributed by atoms with E-state index < -0.39 is 0 Å². The van der Waals surface area contributed by atoms with Gasteiger partial charge in [-0.05, 0) is 38.8 Å². The van der Waals surface area contributed by atoms with Gasteiger partial charge in [-0.15, -0.1) is 0 Å². The van der Waals surface area contributed by atoms with Crippen molar-refractivity contribution in [2.45, 2.75) is 38.9 Å². The average Bonchev–Trinajstić information content (AvgIpc) is 2.60. The van der Waals surface area contributed by atoms with E-state index in [1.807, 2.05) is 23.6 Å². The number of carbonyl (C=O) groups excluding carboxylic acids is 2. The van der Waals surface area contributed by atoms with Gasteiger partial charge >= 0.3 is 0 Å². The molecule has 0 spiro atoms. The predicted octanol–water partition coefficient (Wildman–Crippen LogP) is 1.57. The van der Waals surface area contributed by atoms with Crippen LogP contribution in [0.15, 0.2) is 24.5 Å². The molecule has 2 amide bonds. The summed E-state index contributed by atoms with van der Waals surface area (Å²) in [5.41, 5.74) is 0.609. The molecule has 2 unspecified atom stereocenters. The molecular weight excluding hydrogens is 306 g/mol. The number of amides is 2. The van der Waals surface area contributed by atoms with Crippen LogP contribution in [0.1, 0.15) is 37.0 Å². The number of likely N-dealkylation sites (tertiary alicyclic amines) is 1. The molecule has 130 valence electrons. The van der Waals surface area contributed by atoms with Crippen LogP contribution < -0.4 is 0 Å². The number of carbonyl (C=O) groups is 2. The number of ether oxygens (including phenoxy) is 1. The largest absolute Gasteiger partial charge is 0.372 e. The van der Waals surface area contributed by atoms with Crippen molar-refractivity contribution in [3.8, 4) is 0 Å². The van der Waals surface area contributed by atoms with Gasteiger partial charge in [0.25, 0.3) is 5.91 Å². The highest BCUT2D eigenvalue weighted by atomic mass is 16.5. The molecule has 0 bridgehead atoms. The van der Waals surface area contributed by atoms with Crippen LogP contribution in [0.3, 0.4) is 0 Å². The van der Waals surface area contributed by atoms with Gasteiger partial charge in [0, 0.05) is 44.5 Å². The van der Waals surface area contributed by atoms with E-state index in [2.05, 4.69) is 4.98 Å². The number of rotatable bonds is 2. The second-order valence-corrected chi connectivity index (χ2v) is 6.81. The van der Waals surface area contributed by atoms with Gasteiger partial charge in [0.2, 0.25) is 5.91 Å². The van der Waals surface area contributed by atoms with Crippen LogP contribution in [-0.4, -0.2) is 65.0 Å². The van der Waals surface area contributed by atoms with E-state index in [-0.39, 0.29) is 29.9 Å². The molecule has 0 N–H and O–H groups in total. The van der Waals surface area contributed by atoms with E-state index in [1.165, 1.54) is 0 Å². The monoisotopic (exact) mass is 331 g/mol. The fourth-order valence-corrected chi connectivity index (χ4v) is 3.62. The molecule has 1 aromatic rings. The number of hydrogen-bond acceptors (Lipinski definition) is 4. The summed E-state index contributed by atoms with van der Waals surface area (Å²) in [5, 5.41) is 0. The van der Waals surface area contributed by atoms with Crippen molar-refractivity contribution in [1.82, 2.24) is 14.8 Å². The second kappa shape index (κ2) is 7.30. The number of piperidine rings is 1. The lowest BCUT2D eigenvalue weighted by molar-refractivity contribution is -0.148. The van der Waals surface area contributed by atoms with Gasteiger partial charge in [-0.3, -0.25) is 14.6 Å². The van der Waals surface area contributed by atoms with Crippen LogP contribution >= 0.6 is 0 Å². The van der Waals surface area contributed by atoms with Crippen molar-refractivity contribution >= 4 is 11.8 Å². The Kier molecular flexibility index (Phi) is 5.14. The van der Waals surface area contributed by atoms with E-state index in [4.69, 9.17) is 4.74 Å². The standard InChI is InChI=1S/C18H25N3O3/c1-13-11-21(12-14(2)24-13)17(22)15-5-8-20(9-6-15)18(23)16-4-3-7-19-10-16/h3-4,7,10,13-15H,5-6,8-9,11-12H2,1-2H3. The Hall–Kier alpha value is -1.95. The highest BCUT2D eigenvalue weighted by molar-refractivity contribution is 5.94. The lowest BCUT2D eigenvalue weighted by Gasteiger charge is -2.39. The van der Waals surface area contributed by atoms with Crippen LogP contribution in [0.5, 0.6) is 0 Å². The minimum atomic E-state index is 0.00242. The fraction of sp³-hybridized carbons (Fsp3) is 0.611. The quantitative estimate of drug-likeness (QED) is 0.825. The summed E-state index contributed by atoms with van der Waals surface area (Å²) in [6.45, 7) is 6.59. The number of hydrogen-bond donors (Lipinski definition) is 0. The first-order valence-electron chi connectivity index (χ1n) is 8.68. The fourth-order valence-electron chi connectivity index (χ4n) is 3.62. The minimum absolute atomic E-state index is 0.00242. The van der Waals surface area contributed by atoms with Gasteiger partial charge in [-0.2, -0.15) is 0 Å². The summed E-state index contributed by atoms with van der Waals surface area (Å²) in [5.74, 6) is 0.230. The Labute approximate surface area is 142 Å². The van der Waals surface area contributed by atoms with Gasteiger partial charge in [0.05, 0.1) is 17.8 Å². The van der Waals surface area contributed by atoms with E-state index in [1.54, 1.807) is 24.5 Å². The molecule has 0 aliphatic carbocycles. The normalized spacial score (nSPS) is 25.6.